The maximum Gasteiger partial charge on any atom is 0.229 e. The van der Waals surface area contributed by atoms with Crippen LogP contribution >= 0.6 is 11.6 Å². The van der Waals surface area contributed by atoms with E-state index < -0.39 is 0 Å². The molecule has 0 saturated carbocycles. The first kappa shape index (κ1) is 35.3. The Labute approximate surface area is 338 Å². The number of fused-ring (bicyclic) bond motifs is 4. The Morgan fingerprint density at radius 1 is 0.672 bits per heavy atom. The molecule has 0 radical (unpaired) electrons. The van der Waals surface area contributed by atoms with Crippen LogP contribution in [0.3, 0.4) is 0 Å². The monoisotopic (exact) mass is 782 g/mol. The maximum absolute atomic E-state index is 9.92. The summed E-state index contributed by atoms with van der Waals surface area (Å²) in [4.78, 5) is 24.8. The Morgan fingerprint density at radius 3 is 1.88 bits per heavy atom. The summed E-state index contributed by atoms with van der Waals surface area (Å²) >= 11 is 6.36. The van der Waals surface area contributed by atoms with Gasteiger partial charge < -0.3 is 10.0 Å². The van der Waals surface area contributed by atoms with Crippen LogP contribution in [0.4, 0.5) is 5.95 Å². The summed E-state index contributed by atoms with van der Waals surface area (Å²) in [5, 5.41) is 27.8. The van der Waals surface area contributed by atoms with Crippen LogP contribution in [0.2, 0.25) is 5.28 Å². The van der Waals surface area contributed by atoms with Gasteiger partial charge in [0.1, 0.15) is 12.7 Å². The molecule has 10 aromatic rings. The van der Waals surface area contributed by atoms with Crippen LogP contribution in [0.15, 0.2) is 147 Å². The minimum absolute atomic E-state index is 0. The fraction of sp³-hybridized carbons (Fsp3) is 0.111. The minimum Gasteiger partial charge on any atom is -0.394 e. The third kappa shape index (κ3) is 6.34. The highest BCUT2D eigenvalue weighted by atomic mass is 35.5. The van der Waals surface area contributed by atoms with Gasteiger partial charge in [-0.1, -0.05) is 72.8 Å². The Hall–Kier alpha value is -7.15. The van der Waals surface area contributed by atoms with Crippen molar-refractivity contribution < 1.29 is 6.53 Å². The molecule has 0 bridgehead atoms. The highest BCUT2D eigenvalue weighted by molar-refractivity contribution is 6.29. The topological polar surface area (TPSA) is 135 Å². The second kappa shape index (κ2) is 15.1. The molecular weight excluding hydrogens is 746 g/mol. The highest BCUT2D eigenvalue weighted by Gasteiger charge is 2.30. The number of hydrogen-bond acceptors (Lipinski definition) is 10. The van der Waals surface area contributed by atoms with Crippen molar-refractivity contribution in [1.82, 2.24) is 49.1 Å². The van der Waals surface area contributed by atoms with Gasteiger partial charge in [0.15, 0.2) is 11.3 Å². The molecule has 1 aliphatic rings. The van der Waals surface area contributed by atoms with Gasteiger partial charge in [0.25, 0.3) is 0 Å². The zero-order valence-corrected chi connectivity index (χ0v) is 31.8. The fourth-order valence-corrected chi connectivity index (χ4v) is 8.06. The molecule has 1 saturated heterocycles. The van der Waals surface area contributed by atoms with E-state index >= 15 is 0 Å². The Bertz CT molecular complexity index is 3090. The Kier molecular flexibility index (Phi) is 9.17. The van der Waals surface area contributed by atoms with Gasteiger partial charge >= 0.3 is 0 Å². The number of benzene rings is 4. The van der Waals surface area contributed by atoms with E-state index in [0.29, 0.717) is 16.9 Å². The molecule has 1 fully saturated rings. The third-order valence-electron chi connectivity index (χ3n) is 10.6. The van der Waals surface area contributed by atoms with E-state index in [4.69, 9.17) is 16.6 Å². The molecule has 1 N–H and O–H groups in total. The minimum atomic E-state index is 0. The lowest BCUT2D eigenvalue weighted by atomic mass is 9.98. The van der Waals surface area contributed by atoms with Gasteiger partial charge in [-0.3, -0.25) is 14.4 Å². The standard InChI is InChI=1S/C25H22N6O.C20H12ClN5.H2/c32-15-21-6-3-13-30(21)25-29-23(18-9-11-26-12-10-18)22(24-27-16-28-31(24)25)20-8-7-17-4-1-2-5-19(17)14-20;21-20-24-18(14-7-9-22-10-8-14)17(19-25-23-12-26(19)20)16-6-5-13-3-1-2-4-15(13)11-16;/h1-2,4-5,7-12,14,16,21,32H,3,6,13,15H2;1-12H;1H/t21-;;/m1../s1/i;;1+1. The lowest BCUT2D eigenvalue weighted by molar-refractivity contribution is 0.265. The molecule has 12 nitrogen and oxygen atoms in total. The van der Waals surface area contributed by atoms with Crippen LogP contribution in [-0.2, 0) is 0 Å². The van der Waals surface area contributed by atoms with E-state index in [2.05, 4.69) is 101 Å². The van der Waals surface area contributed by atoms with Crippen molar-refractivity contribution in [2.75, 3.05) is 18.1 Å². The molecule has 284 valence electrons. The lowest BCUT2D eigenvalue weighted by Crippen LogP contribution is -2.34. The summed E-state index contributed by atoms with van der Waals surface area (Å²) < 4.78 is 3.50. The quantitative estimate of drug-likeness (QED) is 0.163. The summed E-state index contributed by atoms with van der Waals surface area (Å²) in [6.07, 6.45) is 12.1. The number of nitrogens with zero attached hydrogens (tertiary/aromatic N) is 11. The van der Waals surface area contributed by atoms with Gasteiger partial charge in [-0.2, -0.15) is 9.61 Å². The normalized spacial score (nSPS) is 14.0. The molecule has 7 heterocycles. The molecule has 0 aliphatic carbocycles. The van der Waals surface area contributed by atoms with E-state index in [1.807, 2.05) is 53.0 Å². The van der Waals surface area contributed by atoms with Crippen LogP contribution in [0, 0.1) is 0 Å². The SMILES string of the molecule is Clc1nc(-c2ccncc2)c(-c2ccc3ccccc3c2)c2nncn12.OC[C@H]1CCCN1c1nc(-c2ccncc2)c(-c2ccc3ccccc3c2)c2ncnn12.[2HH]. The zero-order chi connectivity index (χ0) is 39.0. The van der Waals surface area contributed by atoms with Crippen LogP contribution in [-0.4, -0.2) is 73.4 Å². The third-order valence-corrected chi connectivity index (χ3v) is 10.9. The molecule has 0 unspecified atom stereocenters. The fourth-order valence-electron chi connectivity index (χ4n) is 7.85. The lowest BCUT2D eigenvalue weighted by Gasteiger charge is -2.25. The molecule has 1 atom stereocenters. The number of anilines is 1. The maximum atomic E-state index is 9.92. The smallest absolute Gasteiger partial charge is 0.229 e. The van der Waals surface area contributed by atoms with Crippen molar-refractivity contribution in [3.05, 3.63) is 152 Å². The molecule has 4 aromatic carbocycles. The average molecular weight is 783 g/mol. The summed E-state index contributed by atoms with van der Waals surface area (Å²) in [5.41, 5.74) is 8.78. The number of aliphatic hydroxyl groups is 1. The van der Waals surface area contributed by atoms with E-state index in [0.717, 1.165) is 80.6 Å². The van der Waals surface area contributed by atoms with Gasteiger partial charge in [0, 0.05) is 43.9 Å². The first-order valence-corrected chi connectivity index (χ1v) is 19.3. The first-order chi connectivity index (χ1) is 28.6. The van der Waals surface area contributed by atoms with Gasteiger partial charge in [-0.25, -0.2) is 15.0 Å². The van der Waals surface area contributed by atoms with Gasteiger partial charge in [0.05, 0.1) is 35.2 Å². The molecule has 0 spiro atoms. The summed E-state index contributed by atoms with van der Waals surface area (Å²) in [5.74, 6) is 0.713. The van der Waals surface area contributed by atoms with Crippen LogP contribution in [0.5, 0.6) is 0 Å². The largest absolute Gasteiger partial charge is 0.394 e. The Balaban J connectivity index is 0.000000153. The molecule has 11 rings (SSSR count). The van der Waals surface area contributed by atoms with E-state index in [1.54, 1.807) is 41.8 Å². The molecule has 1 aliphatic heterocycles. The van der Waals surface area contributed by atoms with Crippen LogP contribution < -0.4 is 4.90 Å². The molecule has 13 heteroatoms. The molecule has 0 amide bonds. The van der Waals surface area contributed by atoms with E-state index in [-0.39, 0.29) is 14.1 Å². The first-order valence-electron chi connectivity index (χ1n) is 18.9. The number of pyridine rings is 2. The van der Waals surface area contributed by atoms with E-state index in [9.17, 15) is 5.11 Å². The number of hydrogen-bond donors (Lipinski definition) is 1. The summed E-state index contributed by atoms with van der Waals surface area (Å²) in [7, 11) is 0. The highest BCUT2D eigenvalue weighted by Crippen LogP contribution is 2.39. The van der Waals surface area contributed by atoms with Crippen molar-refractivity contribution in [2.45, 2.75) is 18.9 Å². The predicted octanol–water partition coefficient (Wildman–Crippen LogP) is 8.87. The zero-order valence-electron chi connectivity index (χ0n) is 31.0. The van der Waals surface area contributed by atoms with Crippen molar-refractivity contribution in [1.29, 1.82) is 0 Å². The van der Waals surface area contributed by atoms with Crippen LogP contribution in [0.1, 0.15) is 14.3 Å². The van der Waals surface area contributed by atoms with Gasteiger partial charge in [-0.15, -0.1) is 10.2 Å². The Morgan fingerprint density at radius 2 is 1.26 bits per heavy atom. The van der Waals surface area contributed by atoms with Gasteiger partial charge in [-0.05, 0) is 93.5 Å². The van der Waals surface area contributed by atoms with Crippen molar-refractivity contribution in [3.63, 3.8) is 0 Å². The summed E-state index contributed by atoms with van der Waals surface area (Å²) in [6.45, 7) is 0.924. The summed E-state index contributed by atoms with van der Waals surface area (Å²) in [6, 6.07) is 37.1. The average Bonchev–Trinajstić information content (AvgIpc) is 4.09. The second-order valence-electron chi connectivity index (χ2n) is 14.0. The number of halogens is 1. The molecule has 6 aromatic heterocycles. The number of rotatable bonds is 6. The van der Waals surface area contributed by atoms with Crippen molar-refractivity contribution >= 4 is 50.4 Å². The van der Waals surface area contributed by atoms with Crippen LogP contribution in [0.25, 0.3) is 77.6 Å². The molecular formula is C45H36ClN11O. The van der Waals surface area contributed by atoms with Crippen molar-refractivity contribution in [3.8, 4) is 44.8 Å². The van der Waals surface area contributed by atoms with Gasteiger partial charge in [0.2, 0.25) is 11.2 Å². The molecule has 58 heavy (non-hydrogen) atoms. The van der Waals surface area contributed by atoms with Crippen molar-refractivity contribution in [2.24, 2.45) is 0 Å². The number of aromatic nitrogens is 10. The predicted molar refractivity (Wildman–Crippen MR) is 228 cm³/mol. The number of aliphatic hydroxyl groups excluding tert-OH is 1. The second-order valence-corrected chi connectivity index (χ2v) is 14.4. The van der Waals surface area contributed by atoms with E-state index in [1.165, 1.54) is 10.8 Å².